The van der Waals surface area contributed by atoms with E-state index in [1.54, 1.807) is 0 Å². The Bertz CT molecular complexity index is 828. The van der Waals surface area contributed by atoms with E-state index in [2.05, 4.69) is 61.7 Å². The van der Waals surface area contributed by atoms with Gasteiger partial charge in [-0.3, -0.25) is 4.79 Å². The lowest BCUT2D eigenvalue weighted by atomic mass is 9.88. The van der Waals surface area contributed by atoms with Gasteiger partial charge in [-0.25, -0.2) is 0 Å². The molecule has 3 heteroatoms. The number of benzene rings is 1. The SMILES string of the molecule is Cc1cc(C)cc(C(COC=O)c2cc3cccn3cc2C)c1. The third kappa shape index (κ3) is 3.14. The largest absolute Gasteiger partial charge is 0.467 e. The van der Waals surface area contributed by atoms with Crippen LogP contribution in [-0.2, 0) is 9.53 Å². The number of hydrogen-bond acceptors (Lipinski definition) is 2. The Morgan fingerprint density at radius 3 is 2.57 bits per heavy atom. The van der Waals surface area contributed by atoms with Crippen LogP contribution in [0.4, 0.5) is 0 Å². The maximum atomic E-state index is 10.7. The highest BCUT2D eigenvalue weighted by Gasteiger charge is 2.18. The molecule has 1 unspecified atom stereocenters. The lowest BCUT2D eigenvalue weighted by Gasteiger charge is -2.20. The normalized spacial score (nSPS) is 12.3. The topological polar surface area (TPSA) is 30.7 Å². The van der Waals surface area contributed by atoms with Gasteiger partial charge in [0.2, 0.25) is 0 Å². The molecule has 3 rings (SSSR count). The summed E-state index contributed by atoms with van der Waals surface area (Å²) in [5, 5.41) is 0. The minimum atomic E-state index is 0.0405. The van der Waals surface area contributed by atoms with Gasteiger partial charge in [-0.1, -0.05) is 29.3 Å². The second-order valence-corrected chi connectivity index (χ2v) is 6.16. The van der Waals surface area contributed by atoms with Gasteiger partial charge in [-0.15, -0.1) is 0 Å². The van der Waals surface area contributed by atoms with Crippen LogP contribution in [0.25, 0.3) is 5.52 Å². The maximum absolute atomic E-state index is 10.7. The maximum Gasteiger partial charge on any atom is 0.293 e. The molecule has 0 saturated carbocycles. The molecule has 0 aliphatic rings. The molecule has 0 radical (unpaired) electrons. The molecule has 3 aromatic rings. The molecular weight excluding hydrogens is 286 g/mol. The highest BCUT2D eigenvalue weighted by molar-refractivity contribution is 5.54. The number of ether oxygens (including phenoxy) is 1. The van der Waals surface area contributed by atoms with E-state index in [0.29, 0.717) is 13.1 Å². The van der Waals surface area contributed by atoms with Gasteiger partial charge in [0.25, 0.3) is 6.47 Å². The molecular formula is C20H21NO2. The number of carbonyl (C=O) groups is 1. The fourth-order valence-electron chi connectivity index (χ4n) is 3.29. The first-order valence-electron chi connectivity index (χ1n) is 7.79. The van der Waals surface area contributed by atoms with Crippen molar-refractivity contribution in [3.8, 4) is 0 Å². The van der Waals surface area contributed by atoms with Crippen molar-refractivity contribution in [3.05, 3.63) is 76.6 Å². The first-order valence-corrected chi connectivity index (χ1v) is 7.79. The summed E-state index contributed by atoms with van der Waals surface area (Å²) in [4.78, 5) is 10.7. The monoisotopic (exact) mass is 307 g/mol. The molecule has 0 aliphatic heterocycles. The number of pyridine rings is 1. The zero-order chi connectivity index (χ0) is 16.4. The molecule has 0 fully saturated rings. The molecule has 0 spiro atoms. The molecule has 0 saturated heterocycles. The van der Waals surface area contributed by atoms with Gasteiger partial charge in [0, 0.05) is 23.8 Å². The molecule has 0 aliphatic carbocycles. The van der Waals surface area contributed by atoms with E-state index in [1.165, 1.54) is 27.8 Å². The van der Waals surface area contributed by atoms with Crippen molar-refractivity contribution >= 4 is 12.0 Å². The Labute approximate surface area is 136 Å². The molecule has 1 aromatic carbocycles. The minimum Gasteiger partial charge on any atom is -0.467 e. The van der Waals surface area contributed by atoms with Crippen LogP contribution in [0.3, 0.4) is 0 Å². The predicted octanol–water partition coefficient (Wildman–Crippen LogP) is 4.17. The van der Waals surface area contributed by atoms with Crippen LogP contribution >= 0.6 is 0 Å². The summed E-state index contributed by atoms with van der Waals surface area (Å²) in [7, 11) is 0. The Morgan fingerprint density at radius 2 is 1.87 bits per heavy atom. The fourth-order valence-corrected chi connectivity index (χ4v) is 3.29. The lowest BCUT2D eigenvalue weighted by Crippen LogP contribution is -2.12. The van der Waals surface area contributed by atoms with E-state index in [9.17, 15) is 4.79 Å². The average Bonchev–Trinajstić information content (AvgIpc) is 2.93. The summed E-state index contributed by atoms with van der Waals surface area (Å²) < 4.78 is 7.25. The molecule has 2 aromatic heterocycles. The number of aryl methyl sites for hydroxylation is 3. The summed E-state index contributed by atoms with van der Waals surface area (Å²) in [5.41, 5.74) is 7.15. The summed E-state index contributed by atoms with van der Waals surface area (Å²) in [6.07, 6.45) is 4.17. The van der Waals surface area contributed by atoms with Gasteiger partial charge < -0.3 is 9.14 Å². The second kappa shape index (κ2) is 6.29. The van der Waals surface area contributed by atoms with E-state index in [1.807, 2.05) is 12.3 Å². The molecule has 118 valence electrons. The summed E-state index contributed by atoms with van der Waals surface area (Å²) in [5.74, 6) is 0.0405. The molecule has 2 heterocycles. The van der Waals surface area contributed by atoms with Crippen molar-refractivity contribution < 1.29 is 9.53 Å². The average molecular weight is 307 g/mol. The molecule has 23 heavy (non-hydrogen) atoms. The van der Waals surface area contributed by atoms with Crippen LogP contribution in [0.15, 0.2) is 48.8 Å². The van der Waals surface area contributed by atoms with Gasteiger partial charge in [-0.2, -0.15) is 0 Å². The number of aromatic nitrogens is 1. The van der Waals surface area contributed by atoms with Gasteiger partial charge in [0.05, 0.1) is 0 Å². The van der Waals surface area contributed by atoms with E-state index >= 15 is 0 Å². The van der Waals surface area contributed by atoms with Crippen molar-refractivity contribution in [2.75, 3.05) is 6.61 Å². The van der Waals surface area contributed by atoms with E-state index in [0.717, 1.165) is 5.52 Å². The molecule has 1 atom stereocenters. The minimum absolute atomic E-state index is 0.0405. The third-order valence-electron chi connectivity index (χ3n) is 4.26. The van der Waals surface area contributed by atoms with E-state index < -0.39 is 0 Å². The highest BCUT2D eigenvalue weighted by atomic mass is 16.5. The number of rotatable bonds is 5. The highest BCUT2D eigenvalue weighted by Crippen LogP contribution is 2.30. The fraction of sp³-hybridized carbons (Fsp3) is 0.250. The zero-order valence-electron chi connectivity index (χ0n) is 13.7. The number of fused-ring (bicyclic) bond motifs is 1. The van der Waals surface area contributed by atoms with Gasteiger partial charge in [-0.05, 0) is 55.7 Å². The summed E-state index contributed by atoms with van der Waals surface area (Å²) in [6.45, 7) is 7.17. The number of hydrogen-bond donors (Lipinski definition) is 0. The van der Waals surface area contributed by atoms with Gasteiger partial charge >= 0.3 is 0 Å². The van der Waals surface area contributed by atoms with Crippen molar-refractivity contribution in [2.45, 2.75) is 26.7 Å². The quantitative estimate of drug-likeness (QED) is 0.662. The van der Waals surface area contributed by atoms with Gasteiger partial charge in [0.15, 0.2) is 0 Å². The Morgan fingerprint density at radius 1 is 1.13 bits per heavy atom. The van der Waals surface area contributed by atoms with Crippen molar-refractivity contribution in [1.29, 1.82) is 0 Å². The first-order chi connectivity index (χ1) is 11.1. The molecule has 0 bridgehead atoms. The third-order valence-corrected chi connectivity index (χ3v) is 4.26. The smallest absolute Gasteiger partial charge is 0.293 e. The van der Waals surface area contributed by atoms with Crippen LogP contribution in [0.1, 0.15) is 33.7 Å². The zero-order valence-corrected chi connectivity index (χ0v) is 13.7. The molecule has 0 amide bonds. The Balaban J connectivity index is 2.13. The Hall–Kier alpha value is -2.55. The van der Waals surface area contributed by atoms with Crippen LogP contribution in [0.2, 0.25) is 0 Å². The lowest BCUT2D eigenvalue weighted by molar-refractivity contribution is -0.128. The van der Waals surface area contributed by atoms with Gasteiger partial charge in [0.1, 0.15) is 6.61 Å². The number of carbonyl (C=O) groups excluding carboxylic acids is 1. The van der Waals surface area contributed by atoms with Crippen LogP contribution < -0.4 is 0 Å². The Kier molecular flexibility index (Phi) is 4.20. The van der Waals surface area contributed by atoms with Crippen molar-refractivity contribution in [3.63, 3.8) is 0 Å². The van der Waals surface area contributed by atoms with Crippen LogP contribution in [0.5, 0.6) is 0 Å². The standard InChI is InChI=1S/C20H21NO2/c1-14-7-15(2)9-17(8-14)20(12-23-13-22)19-10-18-5-4-6-21(18)11-16(19)3/h4-11,13,20H,12H2,1-3H3. The summed E-state index contributed by atoms with van der Waals surface area (Å²) >= 11 is 0. The second-order valence-electron chi connectivity index (χ2n) is 6.16. The predicted molar refractivity (Wildman–Crippen MR) is 91.9 cm³/mol. The summed E-state index contributed by atoms with van der Waals surface area (Å²) in [6, 6.07) is 12.8. The number of nitrogens with zero attached hydrogens (tertiary/aromatic N) is 1. The van der Waals surface area contributed by atoms with E-state index in [4.69, 9.17) is 4.74 Å². The van der Waals surface area contributed by atoms with Crippen molar-refractivity contribution in [1.82, 2.24) is 4.40 Å². The van der Waals surface area contributed by atoms with E-state index in [-0.39, 0.29) is 5.92 Å². The van der Waals surface area contributed by atoms with Crippen molar-refractivity contribution in [2.24, 2.45) is 0 Å². The molecule has 3 nitrogen and oxygen atoms in total. The first kappa shape index (κ1) is 15.3. The molecule has 0 N–H and O–H groups in total. The van der Waals surface area contributed by atoms with Crippen LogP contribution in [0, 0.1) is 20.8 Å². The van der Waals surface area contributed by atoms with Crippen LogP contribution in [-0.4, -0.2) is 17.5 Å².